The largest absolute Gasteiger partial charge is 0.338 e. The van der Waals surface area contributed by atoms with E-state index < -0.39 is 0 Å². The van der Waals surface area contributed by atoms with Crippen molar-refractivity contribution in [2.24, 2.45) is 7.05 Å². The summed E-state index contributed by atoms with van der Waals surface area (Å²) in [4.78, 5) is 4.31. The third kappa shape index (κ3) is 1.79. The zero-order valence-electron chi connectivity index (χ0n) is 10.3. The number of hydrogen-bond donors (Lipinski definition) is 1. The molecule has 2 aromatic heterocycles. The van der Waals surface area contributed by atoms with Crippen LogP contribution < -0.4 is 5.32 Å². The lowest BCUT2D eigenvalue weighted by Crippen LogP contribution is -1.95. The second kappa shape index (κ2) is 4.10. The van der Waals surface area contributed by atoms with E-state index in [2.05, 4.69) is 39.7 Å². The van der Waals surface area contributed by atoms with Gasteiger partial charge in [0.25, 0.3) is 0 Å². The maximum Gasteiger partial charge on any atom is 0.160 e. The molecule has 0 fully saturated rings. The summed E-state index contributed by atoms with van der Waals surface area (Å²) in [5.74, 6) is 0.726. The molecule has 3 aromatic rings. The molecule has 0 bridgehead atoms. The molecule has 0 saturated heterocycles. The predicted molar refractivity (Wildman–Crippen MR) is 70.8 cm³/mol. The van der Waals surface area contributed by atoms with Crippen LogP contribution in [0.4, 0.5) is 11.5 Å². The van der Waals surface area contributed by atoms with Gasteiger partial charge >= 0.3 is 0 Å². The molecule has 0 saturated carbocycles. The molecule has 1 aromatic carbocycles. The quantitative estimate of drug-likeness (QED) is 0.746. The molecule has 0 amide bonds. The van der Waals surface area contributed by atoms with E-state index in [1.165, 1.54) is 5.56 Å². The van der Waals surface area contributed by atoms with Gasteiger partial charge in [-0.15, -0.1) is 5.10 Å². The maximum atomic E-state index is 4.31. The summed E-state index contributed by atoms with van der Waals surface area (Å²) in [6.07, 6.45) is 1.75. The Labute approximate surface area is 104 Å². The Morgan fingerprint density at radius 1 is 1.11 bits per heavy atom. The molecule has 0 radical (unpaired) electrons. The lowest BCUT2D eigenvalue weighted by molar-refractivity contribution is 0.736. The summed E-state index contributed by atoms with van der Waals surface area (Å²) < 4.78 is 1.73. The fourth-order valence-electron chi connectivity index (χ4n) is 1.83. The second-order valence-corrected chi connectivity index (χ2v) is 4.23. The van der Waals surface area contributed by atoms with Gasteiger partial charge < -0.3 is 5.32 Å². The standard InChI is InChI=1S/C13H13N5/c1-9-3-5-10(6-4-9)15-13-12-11(7-8-14-13)18(2)17-16-12/h3-8H,1-2H3,(H,14,15). The average molecular weight is 239 g/mol. The molecular formula is C13H13N5. The highest BCUT2D eigenvalue weighted by Crippen LogP contribution is 2.21. The Hall–Kier alpha value is -2.43. The van der Waals surface area contributed by atoms with Crippen molar-refractivity contribution in [1.29, 1.82) is 0 Å². The molecule has 18 heavy (non-hydrogen) atoms. The van der Waals surface area contributed by atoms with Crippen molar-refractivity contribution in [2.75, 3.05) is 5.32 Å². The molecule has 90 valence electrons. The topological polar surface area (TPSA) is 55.6 Å². The number of benzene rings is 1. The van der Waals surface area contributed by atoms with Crippen molar-refractivity contribution in [2.45, 2.75) is 6.92 Å². The van der Waals surface area contributed by atoms with E-state index in [-0.39, 0.29) is 0 Å². The summed E-state index contributed by atoms with van der Waals surface area (Å²) in [7, 11) is 1.87. The van der Waals surface area contributed by atoms with Crippen LogP contribution in [0.2, 0.25) is 0 Å². The number of aryl methyl sites for hydroxylation is 2. The van der Waals surface area contributed by atoms with E-state index in [4.69, 9.17) is 0 Å². The molecule has 0 aliphatic heterocycles. The third-order valence-corrected chi connectivity index (χ3v) is 2.84. The lowest BCUT2D eigenvalue weighted by atomic mass is 10.2. The molecule has 0 spiro atoms. The number of nitrogens with zero attached hydrogens (tertiary/aromatic N) is 4. The summed E-state index contributed by atoms with van der Waals surface area (Å²) in [6.45, 7) is 2.06. The fraction of sp³-hybridized carbons (Fsp3) is 0.154. The van der Waals surface area contributed by atoms with Gasteiger partial charge in [0.2, 0.25) is 0 Å². The molecular weight excluding hydrogens is 226 g/mol. The first kappa shape index (κ1) is 10.7. The summed E-state index contributed by atoms with van der Waals surface area (Å²) in [5, 5.41) is 11.4. The number of nitrogens with one attached hydrogen (secondary N) is 1. The smallest absolute Gasteiger partial charge is 0.160 e. The van der Waals surface area contributed by atoms with Crippen molar-refractivity contribution in [3.8, 4) is 0 Å². The maximum absolute atomic E-state index is 4.31. The van der Waals surface area contributed by atoms with Gasteiger partial charge in [-0.05, 0) is 25.1 Å². The summed E-state index contributed by atoms with van der Waals surface area (Å²) >= 11 is 0. The lowest BCUT2D eigenvalue weighted by Gasteiger charge is -2.05. The Morgan fingerprint density at radius 3 is 2.67 bits per heavy atom. The first-order valence-electron chi connectivity index (χ1n) is 5.72. The average Bonchev–Trinajstić information content (AvgIpc) is 2.76. The van der Waals surface area contributed by atoms with Gasteiger partial charge in [0.1, 0.15) is 0 Å². The fourth-order valence-corrected chi connectivity index (χ4v) is 1.83. The number of fused-ring (bicyclic) bond motifs is 1. The van der Waals surface area contributed by atoms with Crippen LogP contribution in [-0.2, 0) is 7.05 Å². The SMILES string of the molecule is Cc1ccc(Nc2nccc3c2nnn3C)cc1. The zero-order chi connectivity index (χ0) is 12.5. The number of rotatable bonds is 2. The van der Waals surface area contributed by atoms with Crippen LogP contribution in [0.15, 0.2) is 36.5 Å². The third-order valence-electron chi connectivity index (χ3n) is 2.84. The molecule has 1 N–H and O–H groups in total. The van der Waals surface area contributed by atoms with Crippen LogP contribution in [0.25, 0.3) is 11.0 Å². The van der Waals surface area contributed by atoms with Crippen LogP contribution in [0.5, 0.6) is 0 Å². The van der Waals surface area contributed by atoms with Crippen LogP contribution in [0.3, 0.4) is 0 Å². The number of hydrogen-bond acceptors (Lipinski definition) is 4. The number of aromatic nitrogens is 4. The second-order valence-electron chi connectivity index (χ2n) is 4.23. The highest BCUT2D eigenvalue weighted by Gasteiger charge is 2.07. The molecule has 3 rings (SSSR count). The van der Waals surface area contributed by atoms with Crippen molar-refractivity contribution < 1.29 is 0 Å². The molecule has 5 heteroatoms. The highest BCUT2D eigenvalue weighted by molar-refractivity contribution is 5.87. The van der Waals surface area contributed by atoms with E-state index in [1.54, 1.807) is 10.9 Å². The minimum atomic E-state index is 0.726. The minimum Gasteiger partial charge on any atom is -0.338 e. The van der Waals surface area contributed by atoms with Gasteiger partial charge in [0.05, 0.1) is 5.52 Å². The molecule has 0 aliphatic rings. The van der Waals surface area contributed by atoms with Crippen molar-refractivity contribution in [1.82, 2.24) is 20.0 Å². The van der Waals surface area contributed by atoms with Crippen molar-refractivity contribution >= 4 is 22.5 Å². The molecule has 0 atom stereocenters. The molecule has 5 nitrogen and oxygen atoms in total. The molecule has 2 heterocycles. The normalized spacial score (nSPS) is 10.8. The van der Waals surface area contributed by atoms with Gasteiger partial charge in [0.15, 0.2) is 11.3 Å². The monoisotopic (exact) mass is 239 g/mol. The summed E-state index contributed by atoms with van der Waals surface area (Å²) in [6, 6.07) is 10.0. The first-order valence-corrected chi connectivity index (χ1v) is 5.72. The molecule has 0 unspecified atom stereocenters. The van der Waals surface area contributed by atoms with Gasteiger partial charge in [-0.2, -0.15) is 0 Å². The first-order chi connectivity index (χ1) is 8.74. The van der Waals surface area contributed by atoms with E-state index in [9.17, 15) is 0 Å². The Morgan fingerprint density at radius 2 is 1.89 bits per heavy atom. The van der Waals surface area contributed by atoms with Gasteiger partial charge in [-0.25, -0.2) is 9.67 Å². The van der Waals surface area contributed by atoms with Crippen LogP contribution in [0.1, 0.15) is 5.56 Å². The Balaban J connectivity index is 2.02. The zero-order valence-corrected chi connectivity index (χ0v) is 10.3. The van der Waals surface area contributed by atoms with E-state index >= 15 is 0 Å². The van der Waals surface area contributed by atoms with E-state index in [1.807, 2.05) is 25.2 Å². The van der Waals surface area contributed by atoms with Crippen LogP contribution >= 0.6 is 0 Å². The van der Waals surface area contributed by atoms with Gasteiger partial charge in [-0.1, -0.05) is 22.9 Å². The Kier molecular flexibility index (Phi) is 2.44. The van der Waals surface area contributed by atoms with Crippen molar-refractivity contribution in [3.05, 3.63) is 42.1 Å². The van der Waals surface area contributed by atoms with Gasteiger partial charge in [-0.3, -0.25) is 0 Å². The van der Waals surface area contributed by atoms with Crippen LogP contribution in [-0.4, -0.2) is 20.0 Å². The van der Waals surface area contributed by atoms with Crippen molar-refractivity contribution in [3.63, 3.8) is 0 Å². The number of anilines is 2. The minimum absolute atomic E-state index is 0.726. The number of pyridine rings is 1. The van der Waals surface area contributed by atoms with E-state index in [0.717, 1.165) is 22.5 Å². The van der Waals surface area contributed by atoms with Crippen LogP contribution in [0, 0.1) is 6.92 Å². The predicted octanol–water partition coefficient (Wildman–Crippen LogP) is 2.42. The highest BCUT2D eigenvalue weighted by atomic mass is 15.4. The van der Waals surface area contributed by atoms with Gasteiger partial charge in [0, 0.05) is 18.9 Å². The van der Waals surface area contributed by atoms with E-state index in [0.29, 0.717) is 0 Å². The Bertz CT molecular complexity index is 684. The molecule has 0 aliphatic carbocycles. The summed E-state index contributed by atoms with van der Waals surface area (Å²) in [5.41, 5.74) is 3.96.